The molecule has 4 nitrogen and oxygen atoms in total. The average molecular weight is 263 g/mol. The fraction of sp³-hybridized carbons (Fsp3) is 0.917. The Morgan fingerprint density at radius 3 is 2.53 bits per heavy atom. The second kappa shape index (κ2) is 7.19. The number of likely N-dealkylation sites (tertiary alicyclic amines) is 1. The van der Waals surface area contributed by atoms with Gasteiger partial charge in [0, 0.05) is 25.7 Å². The summed E-state index contributed by atoms with van der Waals surface area (Å²) < 4.78 is 5.59. The largest absolute Gasteiger partial charge is 0.378 e. The van der Waals surface area contributed by atoms with Crippen LogP contribution in [0, 0.1) is 0 Å². The van der Waals surface area contributed by atoms with Crippen molar-refractivity contribution in [2.75, 3.05) is 19.7 Å². The number of hydrogen-bond acceptors (Lipinski definition) is 3. The average Bonchev–Trinajstić information content (AvgIpc) is 2.31. The van der Waals surface area contributed by atoms with Crippen molar-refractivity contribution >= 4 is 18.3 Å². The maximum absolute atomic E-state index is 12.0. The molecule has 2 fully saturated rings. The van der Waals surface area contributed by atoms with Crippen molar-refractivity contribution in [2.24, 2.45) is 5.73 Å². The molecule has 0 saturated carbocycles. The molecule has 2 heterocycles. The van der Waals surface area contributed by atoms with Gasteiger partial charge in [0.05, 0.1) is 12.5 Å². The van der Waals surface area contributed by atoms with Crippen LogP contribution in [0.5, 0.6) is 0 Å². The quantitative estimate of drug-likeness (QED) is 0.817. The summed E-state index contributed by atoms with van der Waals surface area (Å²) in [6.07, 6.45) is 5.99. The van der Waals surface area contributed by atoms with Crippen LogP contribution in [-0.2, 0) is 9.53 Å². The summed E-state index contributed by atoms with van der Waals surface area (Å²) in [6.45, 7) is 2.47. The van der Waals surface area contributed by atoms with E-state index in [1.165, 1.54) is 6.42 Å². The molecule has 0 aromatic carbocycles. The van der Waals surface area contributed by atoms with Gasteiger partial charge in [-0.25, -0.2) is 0 Å². The number of carbonyl (C=O) groups excluding carboxylic acids is 1. The molecular formula is C12H23ClN2O2. The van der Waals surface area contributed by atoms with Gasteiger partial charge in [-0.05, 0) is 32.1 Å². The zero-order chi connectivity index (χ0) is 11.4. The molecule has 2 rings (SSSR count). The molecule has 1 unspecified atom stereocenters. The van der Waals surface area contributed by atoms with Gasteiger partial charge in [0.2, 0.25) is 5.91 Å². The van der Waals surface area contributed by atoms with Crippen molar-refractivity contribution in [3.63, 3.8) is 0 Å². The fourth-order valence-corrected chi connectivity index (χ4v) is 2.44. The third-order valence-electron chi connectivity index (χ3n) is 3.57. The van der Waals surface area contributed by atoms with Crippen molar-refractivity contribution < 1.29 is 9.53 Å². The number of halogens is 1. The second-order valence-electron chi connectivity index (χ2n) is 4.91. The number of amides is 1. The van der Waals surface area contributed by atoms with Crippen molar-refractivity contribution in [1.29, 1.82) is 0 Å². The Balaban J connectivity index is 0.00000144. The Bertz CT molecular complexity index is 237. The molecule has 17 heavy (non-hydrogen) atoms. The number of piperidine rings is 1. The molecule has 2 N–H and O–H groups in total. The lowest BCUT2D eigenvalue weighted by Gasteiger charge is -2.32. The lowest BCUT2D eigenvalue weighted by molar-refractivity contribution is -0.136. The molecule has 2 aliphatic heterocycles. The first-order chi connectivity index (χ1) is 7.75. The van der Waals surface area contributed by atoms with Gasteiger partial charge in [-0.1, -0.05) is 0 Å². The highest BCUT2D eigenvalue weighted by molar-refractivity contribution is 5.85. The second-order valence-corrected chi connectivity index (χ2v) is 4.91. The first kappa shape index (κ1) is 14.7. The Kier molecular flexibility index (Phi) is 6.23. The van der Waals surface area contributed by atoms with E-state index in [1.54, 1.807) is 0 Å². The molecule has 5 heteroatoms. The predicted molar refractivity (Wildman–Crippen MR) is 69.2 cm³/mol. The molecule has 0 spiro atoms. The van der Waals surface area contributed by atoms with Crippen molar-refractivity contribution in [3.8, 4) is 0 Å². The smallest absolute Gasteiger partial charge is 0.225 e. The Morgan fingerprint density at radius 1 is 1.24 bits per heavy atom. The molecule has 0 aromatic rings. The van der Waals surface area contributed by atoms with Crippen LogP contribution < -0.4 is 5.73 Å². The Labute approximate surface area is 109 Å². The van der Waals surface area contributed by atoms with Crippen LogP contribution in [0.1, 0.15) is 38.5 Å². The number of rotatable bonds is 2. The maximum atomic E-state index is 12.0. The summed E-state index contributed by atoms with van der Waals surface area (Å²) >= 11 is 0. The minimum absolute atomic E-state index is 0. The summed E-state index contributed by atoms with van der Waals surface area (Å²) in [6, 6.07) is 0.287. The monoisotopic (exact) mass is 262 g/mol. The van der Waals surface area contributed by atoms with E-state index in [4.69, 9.17) is 10.5 Å². The number of nitrogens with two attached hydrogens (primary N) is 1. The minimum Gasteiger partial charge on any atom is -0.378 e. The van der Waals surface area contributed by atoms with Gasteiger partial charge in [-0.3, -0.25) is 4.79 Å². The molecule has 1 amide bonds. The van der Waals surface area contributed by atoms with Gasteiger partial charge < -0.3 is 15.4 Å². The van der Waals surface area contributed by atoms with Gasteiger partial charge >= 0.3 is 0 Å². The first-order valence-electron chi connectivity index (χ1n) is 6.40. The molecule has 0 aromatic heterocycles. The SMILES string of the molecule is Cl.NC1CCN(C(=O)CC2CCCCO2)CC1. The topological polar surface area (TPSA) is 55.6 Å². The molecule has 100 valence electrons. The molecule has 0 radical (unpaired) electrons. The Morgan fingerprint density at radius 2 is 1.94 bits per heavy atom. The van der Waals surface area contributed by atoms with E-state index < -0.39 is 0 Å². The molecule has 2 aliphatic rings. The molecule has 0 aliphatic carbocycles. The molecule has 2 saturated heterocycles. The van der Waals surface area contributed by atoms with Gasteiger partial charge in [-0.2, -0.15) is 0 Å². The van der Waals surface area contributed by atoms with E-state index in [2.05, 4.69) is 0 Å². The summed E-state index contributed by atoms with van der Waals surface area (Å²) in [7, 11) is 0. The van der Waals surface area contributed by atoms with Crippen molar-refractivity contribution in [1.82, 2.24) is 4.90 Å². The zero-order valence-electron chi connectivity index (χ0n) is 10.3. The fourth-order valence-electron chi connectivity index (χ4n) is 2.44. The number of hydrogen-bond donors (Lipinski definition) is 1. The number of nitrogens with zero attached hydrogens (tertiary/aromatic N) is 1. The molecule has 1 atom stereocenters. The van der Waals surface area contributed by atoms with Gasteiger partial charge in [0.25, 0.3) is 0 Å². The third-order valence-corrected chi connectivity index (χ3v) is 3.57. The summed E-state index contributed by atoms with van der Waals surface area (Å²) in [4.78, 5) is 13.9. The van der Waals surface area contributed by atoms with Crippen LogP contribution in [0.2, 0.25) is 0 Å². The van der Waals surface area contributed by atoms with Crippen molar-refractivity contribution in [3.05, 3.63) is 0 Å². The summed E-state index contributed by atoms with van der Waals surface area (Å²) in [5.74, 6) is 0.249. The van der Waals surface area contributed by atoms with Crippen LogP contribution in [-0.4, -0.2) is 42.6 Å². The minimum atomic E-state index is 0. The van der Waals surface area contributed by atoms with Crippen LogP contribution in [0.3, 0.4) is 0 Å². The highest BCUT2D eigenvalue weighted by Gasteiger charge is 2.24. The van der Waals surface area contributed by atoms with E-state index >= 15 is 0 Å². The number of ether oxygens (including phenoxy) is 1. The van der Waals surface area contributed by atoms with Crippen LogP contribution in [0.25, 0.3) is 0 Å². The van der Waals surface area contributed by atoms with E-state index in [1.807, 2.05) is 4.90 Å². The van der Waals surface area contributed by atoms with E-state index in [-0.39, 0.29) is 30.5 Å². The van der Waals surface area contributed by atoms with Gasteiger partial charge in [0.1, 0.15) is 0 Å². The normalized spacial score (nSPS) is 26.4. The van der Waals surface area contributed by atoms with E-state index in [9.17, 15) is 4.79 Å². The predicted octanol–water partition coefficient (Wildman–Crippen LogP) is 1.32. The van der Waals surface area contributed by atoms with Crippen LogP contribution >= 0.6 is 12.4 Å². The summed E-state index contributed by atoms with van der Waals surface area (Å²) in [5.41, 5.74) is 5.82. The van der Waals surface area contributed by atoms with Gasteiger partial charge in [-0.15, -0.1) is 12.4 Å². The lowest BCUT2D eigenvalue weighted by atomic mass is 10.0. The third kappa shape index (κ3) is 4.45. The highest BCUT2D eigenvalue weighted by Crippen LogP contribution is 2.18. The first-order valence-corrected chi connectivity index (χ1v) is 6.40. The lowest BCUT2D eigenvalue weighted by Crippen LogP contribution is -2.44. The van der Waals surface area contributed by atoms with Gasteiger partial charge in [0.15, 0.2) is 0 Å². The zero-order valence-corrected chi connectivity index (χ0v) is 11.1. The molecular weight excluding hydrogens is 240 g/mol. The Hall–Kier alpha value is -0.320. The summed E-state index contributed by atoms with van der Waals surface area (Å²) in [5, 5.41) is 0. The standard InChI is InChI=1S/C12H22N2O2.ClH/c13-10-4-6-14(7-5-10)12(15)9-11-3-1-2-8-16-11;/h10-11H,1-9,13H2;1H. The van der Waals surface area contributed by atoms with E-state index in [0.29, 0.717) is 6.42 Å². The van der Waals surface area contributed by atoms with Crippen LogP contribution in [0.15, 0.2) is 0 Å². The van der Waals surface area contributed by atoms with Crippen LogP contribution in [0.4, 0.5) is 0 Å². The maximum Gasteiger partial charge on any atom is 0.225 e. The highest BCUT2D eigenvalue weighted by atomic mass is 35.5. The van der Waals surface area contributed by atoms with E-state index in [0.717, 1.165) is 45.4 Å². The number of carbonyl (C=O) groups is 1. The molecule has 0 bridgehead atoms. The van der Waals surface area contributed by atoms with Crippen molar-refractivity contribution in [2.45, 2.75) is 50.7 Å².